The number of rotatable bonds is 6. The van der Waals surface area contributed by atoms with Crippen molar-refractivity contribution in [3.8, 4) is 5.75 Å². The summed E-state index contributed by atoms with van der Waals surface area (Å²) in [6, 6.07) is 16.6. The van der Waals surface area contributed by atoms with Gasteiger partial charge in [0.2, 0.25) is 0 Å². The van der Waals surface area contributed by atoms with E-state index < -0.39 is 0 Å². The molecular formula is C19H25N3O. The van der Waals surface area contributed by atoms with E-state index in [9.17, 15) is 0 Å². The van der Waals surface area contributed by atoms with Crippen molar-refractivity contribution in [2.75, 3.05) is 20.7 Å². The van der Waals surface area contributed by atoms with Crippen LogP contribution in [0.3, 0.4) is 0 Å². The molecule has 4 heteroatoms. The lowest BCUT2D eigenvalue weighted by Crippen LogP contribution is -2.37. The second kappa shape index (κ2) is 8.83. The van der Waals surface area contributed by atoms with Crippen molar-refractivity contribution in [2.24, 2.45) is 4.99 Å². The Morgan fingerprint density at radius 2 is 1.83 bits per heavy atom. The lowest BCUT2D eigenvalue weighted by molar-refractivity contribution is 0.414. The first-order valence-electron chi connectivity index (χ1n) is 7.84. The summed E-state index contributed by atoms with van der Waals surface area (Å²) in [6.45, 7) is 3.67. The Hall–Kier alpha value is -2.49. The monoisotopic (exact) mass is 311 g/mol. The molecule has 0 amide bonds. The SMILES string of the molecule is CN=C(NCCc1cccc(C)c1)NCc1cccc(OC)c1. The zero-order valence-electron chi connectivity index (χ0n) is 14.1. The van der Waals surface area contributed by atoms with Crippen molar-refractivity contribution in [1.82, 2.24) is 10.6 Å². The number of benzene rings is 2. The standard InChI is InChI=1S/C19H25N3O/c1-15-6-4-7-16(12-15)10-11-21-19(20-2)22-14-17-8-5-9-18(13-17)23-3/h4-9,12-13H,10-11,14H2,1-3H3,(H2,20,21,22). The van der Waals surface area contributed by atoms with Crippen molar-refractivity contribution in [3.05, 3.63) is 65.2 Å². The Kier molecular flexibility index (Phi) is 6.48. The van der Waals surface area contributed by atoms with Crippen LogP contribution >= 0.6 is 0 Å². The molecule has 122 valence electrons. The van der Waals surface area contributed by atoms with E-state index in [0.29, 0.717) is 6.54 Å². The molecule has 0 unspecified atom stereocenters. The summed E-state index contributed by atoms with van der Waals surface area (Å²) in [5.41, 5.74) is 3.79. The van der Waals surface area contributed by atoms with Crippen LogP contribution in [0.1, 0.15) is 16.7 Å². The minimum absolute atomic E-state index is 0.710. The number of nitrogens with one attached hydrogen (secondary N) is 2. The highest BCUT2D eigenvalue weighted by atomic mass is 16.5. The van der Waals surface area contributed by atoms with Gasteiger partial charge in [-0.3, -0.25) is 4.99 Å². The number of aliphatic imine (C=N–C) groups is 1. The molecule has 2 N–H and O–H groups in total. The smallest absolute Gasteiger partial charge is 0.191 e. The molecule has 0 spiro atoms. The molecule has 0 heterocycles. The highest BCUT2D eigenvalue weighted by Gasteiger charge is 2.00. The molecule has 0 fully saturated rings. The summed E-state index contributed by atoms with van der Waals surface area (Å²) < 4.78 is 5.24. The molecule has 23 heavy (non-hydrogen) atoms. The molecule has 2 aromatic carbocycles. The number of guanidine groups is 1. The van der Waals surface area contributed by atoms with E-state index in [-0.39, 0.29) is 0 Å². The molecule has 0 bridgehead atoms. The molecule has 2 rings (SSSR count). The van der Waals surface area contributed by atoms with Crippen LogP contribution in [0.25, 0.3) is 0 Å². The first-order chi connectivity index (χ1) is 11.2. The van der Waals surface area contributed by atoms with Crippen LogP contribution in [0.5, 0.6) is 5.75 Å². The van der Waals surface area contributed by atoms with Crippen LogP contribution in [0.15, 0.2) is 53.5 Å². The van der Waals surface area contributed by atoms with Gasteiger partial charge in [-0.1, -0.05) is 42.0 Å². The summed E-state index contributed by atoms with van der Waals surface area (Å²) in [4.78, 5) is 4.26. The van der Waals surface area contributed by atoms with E-state index in [2.05, 4.69) is 52.9 Å². The lowest BCUT2D eigenvalue weighted by atomic mass is 10.1. The Labute approximate surface area is 138 Å². The van der Waals surface area contributed by atoms with Gasteiger partial charge in [-0.05, 0) is 36.6 Å². The second-order valence-corrected chi connectivity index (χ2v) is 5.44. The number of aryl methyl sites for hydroxylation is 1. The van der Waals surface area contributed by atoms with Gasteiger partial charge >= 0.3 is 0 Å². The van der Waals surface area contributed by atoms with Gasteiger partial charge in [0.25, 0.3) is 0 Å². The Morgan fingerprint density at radius 3 is 2.57 bits per heavy atom. The van der Waals surface area contributed by atoms with Crippen LogP contribution in [0, 0.1) is 6.92 Å². The quantitative estimate of drug-likeness (QED) is 0.637. The summed E-state index contributed by atoms with van der Waals surface area (Å²) in [7, 11) is 3.46. The van der Waals surface area contributed by atoms with Crippen molar-refractivity contribution in [2.45, 2.75) is 19.9 Å². The molecule has 0 aliphatic rings. The third-order valence-corrected chi connectivity index (χ3v) is 3.61. The van der Waals surface area contributed by atoms with Gasteiger partial charge in [-0.15, -0.1) is 0 Å². The molecule has 0 atom stereocenters. The summed E-state index contributed by atoms with van der Waals surface area (Å²) >= 11 is 0. The molecule has 0 aromatic heterocycles. The third-order valence-electron chi connectivity index (χ3n) is 3.61. The topological polar surface area (TPSA) is 45.7 Å². The Morgan fingerprint density at radius 1 is 1.04 bits per heavy atom. The molecular weight excluding hydrogens is 286 g/mol. The van der Waals surface area contributed by atoms with Gasteiger partial charge in [-0.2, -0.15) is 0 Å². The van der Waals surface area contributed by atoms with E-state index in [1.54, 1.807) is 14.2 Å². The highest BCUT2D eigenvalue weighted by molar-refractivity contribution is 5.79. The van der Waals surface area contributed by atoms with Crippen LogP contribution in [0.4, 0.5) is 0 Å². The van der Waals surface area contributed by atoms with Gasteiger partial charge in [0, 0.05) is 20.1 Å². The average Bonchev–Trinajstić information content (AvgIpc) is 2.58. The number of hydrogen-bond donors (Lipinski definition) is 2. The zero-order valence-corrected chi connectivity index (χ0v) is 14.1. The maximum Gasteiger partial charge on any atom is 0.191 e. The summed E-state index contributed by atoms with van der Waals surface area (Å²) in [5, 5.41) is 6.66. The minimum Gasteiger partial charge on any atom is -0.497 e. The van der Waals surface area contributed by atoms with Crippen molar-refractivity contribution in [3.63, 3.8) is 0 Å². The molecule has 0 saturated carbocycles. The van der Waals surface area contributed by atoms with Crippen LogP contribution in [-0.2, 0) is 13.0 Å². The van der Waals surface area contributed by atoms with Crippen molar-refractivity contribution in [1.29, 1.82) is 0 Å². The fourth-order valence-electron chi connectivity index (χ4n) is 2.38. The molecule has 0 aliphatic carbocycles. The van der Waals surface area contributed by atoms with Crippen molar-refractivity contribution >= 4 is 5.96 Å². The molecule has 0 radical (unpaired) electrons. The summed E-state index contributed by atoms with van der Waals surface area (Å²) in [6.07, 6.45) is 0.974. The van der Waals surface area contributed by atoms with E-state index in [1.807, 2.05) is 18.2 Å². The predicted octanol–water partition coefficient (Wildman–Crippen LogP) is 2.91. The largest absolute Gasteiger partial charge is 0.497 e. The second-order valence-electron chi connectivity index (χ2n) is 5.44. The highest BCUT2D eigenvalue weighted by Crippen LogP contribution is 2.12. The number of ether oxygens (including phenoxy) is 1. The van der Waals surface area contributed by atoms with Gasteiger partial charge in [0.1, 0.15) is 5.75 Å². The molecule has 4 nitrogen and oxygen atoms in total. The first kappa shape index (κ1) is 16.9. The van der Waals surface area contributed by atoms with E-state index in [1.165, 1.54) is 11.1 Å². The predicted molar refractivity (Wildman–Crippen MR) is 96.1 cm³/mol. The van der Waals surface area contributed by atoms with E-state index >= 15 is 0 Å². The van der Waals surface area contributed by atoms with Gasteiger partial charge < -0.3 is 15.4 Å². The van der Waals surface area contributed by atoms with Crippen LogP contribution < -0.4 is 15.4 Å². The van der Waals surface area contributed by atoms with E-state index in [0.717, 1.165) is 30.2 Å². The third kappa shape index (κ3) is 5.66. The normalized spacial score (nSPS) is 11.2. The van der Waals surface area contributed by atoms with Crippen LogP contribution in [-0.4, -0.2) is 26.7 Å². The van der Waals surface area contributed by atoms with Gasteiger partial charge in [0.15, 0.2) is 5.96 Å². The number of hydrogen-bond acceptors (Lipinski definition) is 2. The maximum atomic E-state index is 5.24. The lowest BCUT2D eigenvalue weighted by Gasteiger charge is -2.12. The first-order valence-corrected chi connectivity index (χ1v) is 7.84. The van der Waals surface area contributed by atoms with Gasteiger partial charge in [-0.25, -0.2) is 0 Å². The van der Waals surface area contributed by atoms with Gasteiger partial charge in [0.05, 0.1) is 7.11 Å². The summed E-state index contributed by atoms with van der Waals surface area (Å²) in [5.74, 6) is 1.67. The van der Waals surface area contributed by atoms with E-state index in [4.69, 9.17) is 4.74 Å². The minimum atomic E-state index is 0.710. The Balaban J connectivity index is 1.79. The fourth-order valence-corrected chi connectivity index (χ4v) is 2.38. The number of methoxy groups -OCH3 is 1. The average molecular weight is 311 g/mol. The molecule has 0 saturated heterocycles. The molecule has 2 aromatic rings. The molecule has 0 aliphatic heterocycles. The maximum absolute atomic E-state index is 5.24. The zero-order chi connectivity index (χ0) is 16.5. The van der Waals surface area contributed by atoms with Crippen LogP contribution in [0.2, 0.25) is 0 Å². The number of nitrogens with zero attached hydrogens (tertiary/aromatic N) is 1. The fraction of sp³-hybridized carbons (Fsp3) is 0.316. The Bertz CT molecular complexity index is 653. The van der Waals surface area contributed by atoms with Crippen molar-refractivity contribution < 1.29 is 4.74 Å².